The van der Waals surface area contributed by atoms with Crippen molar-refractivity contribution >= 4 is 29.2 Å². The summed E-state index contributed by atoms with van der Waals surface area (Å²) in [6.45, 7) is 1.81. The molecule has 0 saturated carbocycles. The highest BCUT2D eigenvalue weighted by Gasteiger charge is 2.04. The normalized spacial score (nSPS) is 10.4. The average Bonchev–Trinajstić information content (AvgIpc) is 2.20. The summed E-state index contributed by atoms with van der Waals surface area (Å²) in [5.41, 5.74) is 5.65. The van der Waals surface area contributed by atoms with Crippen LogP contribution < -0.4 is 5.73 Å². The van der Waals surface area contributed by atoms with E-state index in [2.05, 4.69) is 9.97 Å². The van der Waals surface area contributed by atoms with Crippen LogP contribution in [0.1, 0.15) is 5.82 Å². The molecule has 0 spiro atoms. The molecule has 0 fully saturated rings. The van der Waals surface area contributed by atoms with E-state index < -0.39 is 0 Å². The Labute approximate surface area is 103 Å². The number of aryl methyl sites for hydroxylation is 1. The number of nitrogen functional groups attached to an aromatic ring is 1. The molecule has 1 aromatic heterocycles. The van der Waals surface area contributed by atoms with Gasteiger partial charge in [-0.2, -0.15) is 0 Å². The van der Waals surface area contributed by atoms with E-state index in [9.17, 15) is 0 Å². The van der Waals surface area contributed by atoms with Crippen molar-refractivity contribution in [1.29, 1.82) is 0 Å². The second-order valence-electron chi connectivity index (χ2n) is 3.21. The fourth-order valence-electron chi connectivity index (χ4n) is 1.25. The van der Waals surface area contributed by atoms with Gasteiger partial charge in [0, 0.05) is 11.0 Å². The number of aromatic nitrogens is 2. The highest BCUT2D eigenvalue weighted by molar-refractivity contribution is 7.99. The van der Waals surface area contributed by atoms with Crippen molar-refractivity contribution in [3.05, 3.63) is 41.2 Å². The molecule has 0 amide bonds. The van der Waals surface area contributed by atoms with Gasteiger partial charge in [-0.1, -0.05) is 35.5 Å². The number of hydrogen-bond acceptors (Lipinski definition) is 4. The van der Waals surface area contributed by atoms with Crippen molar-refractivity contribution in [2.24, 2.45) is 0 Å². The van der Waals surface area contributed by atoms with Crippen molar-refractivity contribution in [1.82, 2.24) is 9.97 Å². The van der Waals surface area contributed by atoms with Gasteiger partial charge in [0.1, 0.15) is 16.7 Å². The molecular weight excluding hydrogens is 242 g/mol. The van der Waals surface area contributed by atoms with Gasteiger partial charge in [0.25, 0.3) is 0 Å². The van der Waals surface area contributed by atoms with Crippen molar-refractivity contribution in [2.75, 3.05) is 5.73 Å². The maximum absolute atomic E-state index is 6.06. The molecule has 0 radical (unpaired) electrons. The van der Waals surface area contributed by atoms with Gasteiger partial charge in [-0.15, -0.1) is 0 Å². The lowest BCUT2D eigenvalue weighted by molar-refractivity contribution is 0.975. The number of nitrogens with two attached hydrogens (primary N) is 1. The summed E-state index contributed by atoms with van der Waals surface area (Å²) in [6.07, 6.45) is 0. The number of halogens is 1. The van der Waals surface area contributed by atoms with E-state index in [1.165, 1.54) is 11.8 Å². The molecule has 16 heavy (non-hydrogen) atoms. The van der Waals surface area contributed by atoms with Crippen LogP contribution in [0.2, 0.25) is 5.02 Å². The molecule has 0 bridgehead atoms. The molecular formula is C11H10ClN3S. The van der Waals surface area contributed by atoms with Gasteiger partial charge in [0.15, 0.2) is 0 Å². The molecule has 1 heterocycles. The molecule has 3 nitrogen and oxygen atoms in total. The molecule has 0 aliphatic rings. The van der Waals surface area contributed by atoms with Crippen LogP contribution in [0, 0.1) is 6.92 Å². The molecule has 1 aromatic carbocycles. The summed E-state index contributed by atoms with van der Waals surface area (Å²) < 4.78 is 0. The van der Waals surface area contributed by atoms with Crippen LogP contribution in [0.4, 0.5) is 5.82 Å². The third-order valence-electron chi connectivity index (χ3n) is 1.89. The Morgan fingerprint density at radius 2 is 2.00 bits per heavy atom. The Kier molecular flexibility index (Phi) is 3.31. The summed E-state index contributed by atoms with van der Waals surface area (Å²) >= 11 is 7.54. The van der Waals surface area contributed by atoms with Crippen LogP contribution in [0.5, 0.6) is 0 Å². The fourth-order valence-corrected chi connectivity index (χ4v) is 2.40. The molecule has 0 unspecified atom stereocenters. The zero-order chi connectivity index (χ0) is 11.5. The maximum atomic E-state index is 6.06. The highest BCUT2D eigenvalue weighted by atomic mass is 35.5. The average molecular weight is 252 g/mol. The lowest BCUT2D eigenvalue weighted by Crippen LogP contribution is -1.96. The van der Waals surface area contributed by atoms with Crippen LogP contribution in [0.15, 0.2) is 40.3 Å². The number of benzene rings is 1. The minimum atomic E-state index is 0.474. The summed E-state index contributed by atoms with van der Waals surface area (Å²) in [5, 5.41) is 1.51. The second-order valence-corrected chi connectivity index (χ2v) is 4.68. The first-order valence-corrected chi connectivity index (χ1v) is 5.88. The second kappa shape index (κ2) is 4.72. The van der Waals surface area contributed by atoms with Crippen LogP contribution in [0.3, 0.4) is 0 Å². The smallest absolute Gasteiger partial charge is 0.128 e. The van der Waals surface area contributed by atoms with E-state index in [0.717, 1.165) is 9.92 Å². The molecule has 82 valence electrons. The first-order valence-electron chi connectivity index (χ1n) is 4.69. The largest absolute Gasteiger partial charge is 0.384 e. The van der Waals surface area contributed by atoms with Crippen LogP contribution in [-0.2, 0) is 0 Å². The third-order valence-corrected chi connectivity index (χ3v) is 3.32. The van der Waals surface area contributed by atoms with Crippen LogP contribution >= 0.6 is 23.4 Å². The van der Waals surface area contributed by atoms with Gasteiger partial charge in [-0.25, -0.2) is 9.97 Å². The monoisotopic (exact) mass is 251 g/mol. The topological polar surface area (TPSA) is 51.8 Å². The van der Waals surface area contributed by atoms with Gasteiger partial charge < -0.3 is 5.73 Å². The van der Waals surface area contributed by atoms with Gasteiger partial charge in [0.2, 0.25) is 0 Å². The van der Waals surface area contributed by atoms with Gasteiger partial charge in [-0.3, -0.25) is 0 Å². The highest BCUT2D eigenvalue weighted by Crippen LogP contribution is 2.32. The van der Waals surface area contributed by atoms with Crippen LogP contribution in [0.25, 0.3) is 0 Å². The lowest BCUT2D eigenvalue weighted by Gasteiger charge is -2.04. The third kappa shape index (κ3) is 2.65. The maximum Gasteiger partial charge on any atom is 0.128 e. The van der Waals surface area contributed by atoms with Crippen LogP contribution in [-0.4, -0.2) is 9.97 Å². The van der Waals surface area contributed by atoms with Crippen molar-refractivity contribution in [3.63, 3.8) is 0 Å². The zero-order valence-electron chi connectivity index (χ0n) is 8.64. The first kappa shape index (κ1) is 11.2. The van der Waals surface area contributed by atoms with Crippen molar-refractivity contribution in [2.45, 2.75) is 16.8 Å². The molecule has 0 aliphatic heterocycles. The van der Waals surface area contributed by atoms with E-state index in [-0.39, 0.29) is 0 Å². The Hall–Kier alpha value is -1.26. The number of rotatable bonds is 2. The van der Waals surface area contributed by atoms with E-state index >= 15 is 0 Å². The molecule has 5 heteroatoms. The van der Waals surface area contributed by atoms with Crippen molar-refractivity contribution in [3.8, 4) is 0 Å². The lowest BCUT2D eigenvalue weighted by atomic mass is 10.4. The minimum absolute atomic E-state index is 0.474. The summed E-state index contributed by atoms with van der Waals surface area (Å²) in [6, 6.07) is 9.36. The zero-order valence-corrected chi connectivity index (χ0v) is 10.2. The minimum Gasteiger partial charge on any atom is -0.384 e. The Morgan fingerprint density at radius 3 is 2.69 bits per heavy atom. The Morgan fingerprint density at radius 1 is 1.25 bits per heavy atom. The predicted octanol–water partition coefficient (Wildman–Crippen LogP) is 3.17. The van der Waals surface area contributed by atoms with Gasteiger partial charge >= 0.3 is 0 Å². The molecule has 2 aromatic rings. The number of hydrogen-bond donors (Lipinski definition) is 1. The molecule has 0 aliphatic carbocycles. The van der Waals surface area contributed by atoms with E-state index in [0.29, 0.717) is 16.7 Å². The molecule has 0 atom stereocenters. The molecule has 2 N–H and O–H groups in total. The standard InChI is InChI=1S/C11H10ClN3S/c1-7-14-10(13)6-11(15-7)16-9-5-3-2-4-8(9)12/h2-6H,1H3,(H2,13,14,15). The Balaban J connectivity index is 2.30. The number of nitrogens with zero attached hydrogens (tertiary/aromatic N) is 2. The molecule has 0 saturated heterocycles. The predicted molar refractivity (Wildman–Crippen MR) is 66.8 cm³/mol. The quantitative estimate of drug-likeness (QED) is 0.833. The van der Waals surface area contributed by atoms with Crippen molar-refractivity contribution < 1.29 is 0 Å². The number of anilines is 1. The SMILES string of the molecule is Cc1nc(N)cc(Sc2ccccc2Cl)n1. The Bertz CT molecular complexity index is 496. The summed E-state index contributed by atoms with van der Waals surface area (Å²) in [4.78, 5) is 9.26. The summed E-state index contributed by atoms with van der Waals surface area (Å²) in [5.74, 6) is 1.14. The van der Waals surface area contributed by atoms with E-state index in [1.807, 2.05) is 31.2 Å². The fraction of sp³-hybridized carbons (Fsp3) is 0.0909. The molecule has 2 rings (SSSR count). The first-order chi connectivity index (χ1) is 7.65. The van der Waals surface area contributed by atoms with Gasteiger partial charge in [-0.05, 0) is 19.1 Å². The van der Waals surface area contributed by atoms with E-state index in [1.54, 1.807) is 6.07 Å². The van der Waals surface area contributed by atoms with E-state index in [4.69, 9.17) is 17.3 Å². The van der Waals surface area contributed by atoms with Gasteiger partial charge in [0.05, 0.1) is 5.02 Å². The summed E-state index contributed by atoms with van der Waals surface area (Å²) in [7, 11) is 0.